The smallest absolute Gasteiger partial charge is 0.422 e. The van der Waals surface area contributed by atoms with Crippen molar-refractivity contribution in [3.8, 4) is 16.9 Å². The van der Waals surface area contributed by atoms with Gasteiger partial charge in [-0.2, -0.15) is 23.3 Å². The van der Waals surface area contributed by atoms with Crippen LogP contribution in [0.2, 0.25) is 0 Å². The SMILES string of the molecule is C=CC(=O)N1CC2(CCN(c3nc(N4CC[C@@H](N5CC[C@@H](F)C5)C4)nc4c(OCC(F)(F)F)c(-c5c(C)ccc6[nH]ncc56)c(C5CC5)cc34)CC2)C1. The van der Waals surface area contributed by atoms with Crippen molar-refractivity contribution < 1.29 is 27.1 Å². The molecule has 2 atom stereocenters. The molecule has 9 rings (SSSR count). The van der Waals surface area contributed by atoms with Gasteiger partial charge in [0.15, 0.2) is 12.4 Å². The molecule has 2 aromatic carbocycles. The highest BCUT2D eigenvalue weighted by atomic mass is 19.4. The van der Waals surface area contributed by atoms with Crippen LogP contribution < -0.4 is 14.5 Å². The van der Waals surface area contributed by atoms with E-state index < -0.39 is 19.0 Å². The van der Waals surface area contributed by atoms with Gasteiger partial charge in [-0.1, -0.05) is 12.6 Å². The fourth-order valence-corrected chi connectivity index (χ4v) is 9.19. The van der Waals surface area contributed by atoms with Crippen LogP contribution in [0, 0.1) is 12.3 Å². The van der Waals surface area contributed by atoms with Gasteiger partial charge >= 0.3 is 6.18 Å². The van der Waals surface area contributed by atoms with Gasteiger partial charge in [-0.3, -0.25) is 14.8 Å². The summed E-state index contributed by atoms with van der Waals surface area (Å²) in [5.41, 5.74) is 4.43. The summed E-state index contributed by atoms with van der Waals surface area (Å²) in [5, 5.41) is 8.80. The van der Waals surface area contributed by atoms with E-state index >= 15 is 0 Å². The molecule has 0 bridgehead atoms. The number of ether oxygens (including phenoxy) is 1. The normalized spacial score (nSPS) is 23.4. The molecule has 10 nitrogen and oxygen atoms in total. The first kappa shape index (κ1) is 34.3. The molecule has 0 radical (unpaired) electrons. The molecule has 1 saturated carbocycles. The van der Waals surface area contributed by atoms with Crippen molar-refractivity contribution in [3.63, 3.8) is 0 Å². The van der Waals surface area contributed by atoms with Crippen molar-refractivity contribution in [2.75, 3.05) is 68.8 Å². The van der Waals surface area contributed by atoms with Gasteiger partial charge in [-0.05, 0) is 86.3 Å². The lowest BCUT2D eigenvalue weighted by Crippen LogP contribution is -2.61. The summed E-state index contributed by atoms with van der Waals surface area (Å²) >= 11 is 0. The molecule has 4 aromatic rings. The number of likely N-dealkylation sites (tertiary alicyclic amines) is 2. The summed E-state index contributed by atoms with van der Waals surface area (Å²) in [6.07, 6.45) is 2.57. The minimum atomic E-state index is -4.58. The van der Waals surface area contributed by atoms with Gasteiger partial charge in [0.25, 0.3) is 0 Å². The summed E-state index contributed by atoms with van der Waals surface area (Å²) < 4.78 is 62.5. The van der Waals surface area contributed by atoms with Crippen molar-refractivity contribution in [2.45, 2.75) is 69.8 Å². The van der Waals surface area contributed by atoms with Crippen LogP contribution in [0.15, 0.2) is 37.1 Å². The first-order valence-electron chi connectivity index (χ1n) is 18.8. The second kappa shape index (κ2) is 12.8. The fourth-order valence-electron chi connectivity index (χ4n) is 9.19. The number of carbonyl (C=O) groups is 1. The number of aryl methyl sites for hydroxylation is 1. The predicted molar refractivity (Wildman–Crippen MR) is 195 cm³/mol. The number of amides is 1. The lowest BCUT2D eigenvalue weighted by molar-refractivity contribution is -0.153. The Morgan fingerprint density at radius 1 is 1.02 bits per heavy atom. The van der Waals surface area contributed by atoms with Crippen LogP contribution >= 0.6 is 0 Å². The van der Waals surface area contributed by atoms with Gasteiger partial charge in [-0.25, -0.2) is 9.37 Å². The average molecular weight is 733 g/mol. The number of hydrogen-bond donors (Lipinski definition) is 1. The molecule has 2 aromatic heterocycles. The number of anilines is 2. The van der Waals surface area contributed by atoms with Crippen LogP contribution in [0.4, 0.5) is 29.3 Å². The number of aromatic nitrogens is 4. The summed E-state index contributed by atoms with van der Waals surface area (Å²) in [4.78, 5) is 31.0. The van der Waals surface area contributed by atoms with Gasteiger partial charge in [-0.15, -0.1) is 0 Å². The van der Waals surface area contributed by atoms with E-state index in [1.807, 2.05) is 24.0 Å². The number of aromatic amines is 1. The molecule has 1 amide bonds. The number of carbonyl (C=O) groups excluding carboxylic acids is 1. The molecule has 280 valence electrons. The number of rotatable bonds is 8. The van der Waals surface area contributed by atoms with Crippen molar-refractivity contribution in [1.29, 1.82) is 0 Å². The number of alkyl halides is 4. The molecule has 1 spiro atoms. The third-order valence-electron chi connectivity index (χ3n) is 12.2. The first-order valence-corrected chi connectivity index (χ1v) is 18.8. The van der Waals surface area contributed by atoms with Crippen molar-refractivity contribution in [2.24, 2.45) is 5.41 Å². The van der Waals surface area contributed by atoms with Crippen molar-refractivity contribution >= 4 is 39.5 Å². The molecule has 5 aliphatic rings. The van der Waals surface area contributed by atoms with Crippen LogP contribution in [0.1, 0.15) is 55.6 Å². The van der Waals surface area contributed by atoms with Crippen LogP contribution in [0.5, 0.6) is 5.75 Å². The third-order valence-corrected chi connectivity index (χ3v) is 12.2. The Labute approximate surface area is 305 Å². The number of fused-ring (bicyclic) bond motifs is 2. The second-order valence-electron chi connectivity index (χ2n) is 15.8. The quantitative estimate of drug-likeness (QED) is 0.162. The van der Waals surface area contributed by atoms with Crippen LogP contribution in [0.25, 0.3) is 32.9 Å². The van der Waals surface area contributed by atoms with E-state index in [1.165, 1.54) is 6.08 Å². The van der Waals surface area contributed by atoms with E-state index in [-0.39, 0.29) is 29.0 Å². The lowest BCUT2D eigenvalue weighted by Gasteiger charge is -2.54. The van der Waals surface area contributed by atoms with Crippen molar-refractivity contribution in [1.82, 2.24) is 30.0 Å². The number of nitrogens with zero attached hydrogens (tertiary/aromatic N) is 7. The fraction of sp³-hybridized carbons (Fsp3) is 0.538. The van der Waals surface area contributed by atoms with Gasteiger partial charge in [0.05, 0.1) is 11.7 Å². The number of benzene rings is 2. The highest BCUT2D eigenvalue weighted by Crippen LogP contribution is 2.53. The molecule has 6 heterocycles. The largest absolute Gasteiger partial charge is 0.481 e. The van der Waals surface area contributed by atoms with Crippen LogP contribution in [-0.2, 0) is 4.79 Å². The second-order valence-corrected chi connectivity index (χ2v) is 15.8. The van der Waals surface area contributed by atoms with Gasteiger partial charge < -0.3 is 19.4 Å². The van der Waals surface area contributed by atoms with E-state index in [4.69, 9.17) is 14.7 Å². The Bertz CT molecular complexity index is 2080. The molecule has 5 fully saturated rings. The maximum absolute atomic E-state index is 14.2. The minimum Gasteiger partial charge on any atom is -0.481 e. The Balaban J connectivity index is 1.20. The Morgan fingerprint density at radius 3 is 2.51 bits per heavy atom. The summed E-state index contributed by atoms with van der Waals surface area (Å²) in [6, 6.07) is 6.14. The monoisotopic (exact) mass is 732 g/mol. The average Bonchev–Trinajstić information content (AvgIpc) is 3.45. The van der Waals surface area contributed by atoms with Gasteiger partial charge in [0.1, 0.15) is 17.5 Å². The number of piperidine rings is 1. The Kier molecular flexibility index (Phi) is 8.32. The zero-order valence-corrected chi connectivity index (χ0v) is 29.9. The summed E-state index contributed by atoms with van der Waals surface area (Å²) in [5.74, 6) is 1.35. The zero-order valence-electron chi connectivity index (χ0n) is 29.9. The first-order chi connectivity index (χ1) is 25.5. The van der Waals surface area contributed by atoms with E-state index in [0.29, 0.717) is 87.0 Å². The maximum Gasteiger partial charge on any atom is 0.422 e. The van der Waals surface area contributed by atoms with E-state index in [0.717, 1.165) is 59.7 Å². The number of hydrogen-bond acceptors (Lipinski definition) is 8. The van der Waals surface area contributed by atoms with E-state index in [2.05, 4.69) is 37.5 Å². The number of halogens is 4. The van der Waals surface area contributed by atoms with Crippen LogP contribution in [0.3, 0.4) is 0 Å². The lowest BCUT2D eigenvalue weighted by atomic mass is 9.72. The summed E-state index contributed by atoms with van der Waals surface area (Å²) in [7, 11) is 0. The van der Waals surface area contributed by atoms with Gasteiger partial charge in [0, 0.05) is 80.2 Å². The van der Waals surface area contributed by atoms with E-state index in [9.17, 15) is 22.4 Å². The molecule has 4 saturated heterocycles. The summed E-state index contributed by atoms with van der Waals surface area (Å²) in [6.45, 7) is 9.26. The Hall–Kier alpha value is -4.46. The van der Waals surface area contributed by atoms with Crippen LogP contribution in [-0.4, -0.2) is 113 Å². The number of nitrogens with one attached hydrogen (secondary N) is 1. The molecule has 1 aliphatic carbocycles. The predicted octanol–water partition coefficient (Wildman–Crippen LogP) is 6.54. The minimum absolute atomic E-state index is 0.0289. The highest BCUT2D eigenvalue weighted by molar-refractivity contribution is 6.06. The zero-order chi connectivity index (χ0) is 36.6. The molecular formula is C39H44F4N8O2. The maximum atomic E-state index is 14.2. The number of H-pyrrole nitrogens is 1. The molecule has 0 unspecified atom stereocenters. The Morgan fingerprint density at radius 2 is 1.81 bits per heavy atom. The van der Waals surface area contributed by atoms with E-state index in [1.54, 1.807) is 6.20 Å². The molecule has 1 N–H and O–H groups in total. The molecule has 14 heteroatoms. The molecule has 4 aliphatic heterocycles. The van der Waals surface area contributed by atoms with Crippen molar-refractivity contribution in [3.05, 3.63) is 48.2 Å². The van der Waals surface area contributed by atoms with Gasteiger partial charge in [0.2, 0.25) is 11.9 Å². The standard InChI is InChI=1S/C39H44F4N8O2/c1-3-31(52)51-20-38(21-51)10-14-48(15-11-38)36-28-16-27(24-5-6-24)33(32-23(2)4-7-30-29(32)17-44-47-30)35(53-22-39(41,42)43)34(28)45-37(46-36)50-13-9-26(19-50)49-12-8-25(40)18-49/h3-4,7,16-17,24-26H,1,5-6,8-15,18-22H2,2H3,(H,44,47)/t25-,26-/m1/s1. The molecule has 53 heavy (non-hydrogen) atoms. The third kappa shape index (κ3) is 6.26. The highest BCUT2D eigenvalue weighted by Gasteiger charge is 2.47. The topological polar surface area (TPSA) is 93.7 Å². The molecular weight excluding hydrogens is 688 g/mol.